The zero-order valence-corrected chi connectivity index (χ0v) is 18.7. The van der Waals surface area contributed by atoms with E-state index in [-0.39, 0.29) is 5.91 Å². The maximum absolute atomic E-state index is 13.2. The van der Waals surface area contributed by atoms with Crippen LogP contribution in [0.2, 0.25) is 4.34 Å². The monoisotopic (exact) mass is 454 g/mol. The molecule has 4 aromatic rings. The molecule has 1 aliphatic rings. The highest BCUT2D eigenvalue weighted by Gasteiger charge is 2.22. The van der Waals surface area contributed by atoms with Gasteiger partial charge in [-0.25, -0.2) is 5.01 Å². The third kappa shape index (κ3) is 4.26. The molecule has 1 fully saturated rings. The minimum absolute atomic E-state index is 0.0977. The van der Waals surface area contributed by atoms with E-state index in [9.17, 15) is 4.79 Å². The molecule has 3 aromatic heterocycles. The number of nitrogens with zero attached hydrogens (tertiary/aromatic N) is 3. The van der Waals surface area contributed by atoms with E-state index in [4.69, 9.17) is 16.1 Å². The van der Waals surface area contributed by atoms with E-state index in [1.54, 1.807) is 0 Å². The van der Waals surface area contributed by atoms with Crippen molar-refractivity contribution in [2.24, 2.45) is 5.92 Å². The molecule has 0 bridgehead atoms. The van der Waals surface area contributed by atoms with Gasteiger partial charge < -0.3 is 9.09 Å². The summed E-state index contributed by atoms with van der Waals surface area (Å²) in [6.45, 7) is 4.45. The van der Waals surface area contributed by atoms with Crippen molar-refractivity contribution >= 4 is 39.7 Å². The molecule has 0 aliphatic carbocycles. The van der Waals surface area contributed by atoms with E-state index in [1.165, 1.54) is 11.3 Å². The number of hydrogen-bond acceptors (Lipinski definition) is 5. The topological polar surface area (TPSA) is 63.3 Å². The first-order chi connectivity index (χ1) is 15.1. The van der Waals surface area contributed by atoms with Crippen LogP contribution in [-0.2, 0) is 6.54 Å². The molecule has 0 spiro atoms. The summed E-state index contributed by atoms with van der Waals surface area (Å²) in [5.41, 5.74) is 5.45. The number of aromatic nitrogens is 2. The fourth-order valence-electron chi connectivity index (χ4n) is 4.00. The first-order valence-electron chi connectivity index (χ1n) is 10.4. The normalized spacial score (nSPS) is 15.5. The molecule has 160 valence electrons. The van der Waals surface area contributed by atoms with Crippen molar-refractivity contribution < 1.29 is 9.32 Å². The lowest BCUT2D eigenvalue weighted by molar-refractivity contribution is 0.0703. The third-order valence-electron chi connectivity index (χ3n) is 5.78. The summed E-state index contributed by atoms with van der Waals surface area (Å²) >= 11 is 7.49. The molecular weight excluding hydrogens is 432 g/mol. The van der Waals surface area contributed by atoms with Crippen molar-refractivity contribution in [2.75, 3.05) is 13.1 Å². The number of halogens is 1. The van der Waals surface area contributed by atoms with Crippen molar-refractivity contribution in [2.45, 2.75) is 26.3 Å². The molecule has 0 unspecified atom stereocenters. The van der Waals surface area contributed by atoms with Crippen LogP contribution in [0.25, 0.3) is 21.5 Å². The zero-order chi connectivity index (χ0) is 21.4. The van der Waals surface area contributed by atoms with E-state index in [0.717, 1.165) is 47.4 Å². The first-order valence-corrected chi connectivity index (χ1v) is 11.6. The molecule has 1 aromatic carbocycles. The molecule has 0 radical (unpaired) electrons. The van der Waals surface area contributed by atoms with Crippen molar-refractivity contribution in [3.05, 3.63) is 64.3 Å². The largest absolute Gasteiger partial charge is 0.355 e. The fraction of sp³-hybridized carbons (Fsp3) is 0.304. The van der Waals surface area contributed by atoms with E-state index in [1.807, 2.05) is 58.1 Å². The van der Waals surface area contributed by atoms with Gasteiger partial charge in [0.2, 0.25) is 0 Å². The Morgan fingerprint density at radius 2 is 2.03 bits per heavy atom. The summed E-state index contributed by atoms with van der Waals surface area (Å²) in [6.07, 6.45) is 2.19. The highest BCUT2D eigenvalue weighted by atomic mass is 35.5. The highest BCUT2D eigenvalue weighted by molar-refractivity contribution is 7.19. The molecule has 0 atom stereocenters. The Labute approximate surface area is 189 Å². The standard InChI is InChI=1S/C23H23ClN4O2S/c1-15-8-10-27(11-9-15)25-23(29)19-12-16-4-2-3-5-18(16)28(19)14-17-13-20(30-26-17)21-6-7-22(24)31-21/h2-7,12-13,15H,8-11,14H2,1H3,(H,25,29). The van der Waals surface area contributed by atoms with Crippen molar-refractivity contribution in [1.82, 2.24) is 20.2 Å². The number of amides is 1. The first kappa shape index (κ1) is 20.3. The molecular formula is C23H23ClN4O2S. The SMILES string of the molecule is CC1CCN(NC(=O)c2cc3ccccc3n2Cc2cc(-c3ccc(Cl)s3)on2)CC1. The second-order valence-electron chi connectivity index (χ2n) is 8.07. The Bertz CT molecular complexity index is 1220. The fourth-order valence-corrected chi connectivity index (χ4v) is 4.99. The average molecular weight is 455 g/mol. The Hall–Kier alpha value is -2.61. The van der Waals surface area contributed by atoms with Crippen LogP contribution in [0.1, 0.15) is 35.9 Å². The second kappa shape index (κ2) is 8.49. The maximum Gasteiger partial charge on any atom is 0.282 e. The summed E-state index contributed by atoms with van der Waals surface area (Å²) in [4.78, 5) is 14.1. The number of benzene rings is 1. The number of piperidine rings is 1. The van der Waals surface area contributed by atoms with Crippen molar-refractivity contribution in [3.8, 4) is 10.6 Å². The molecule has 1 N–H and O–H groups in total. The number of thiophene rings is 1. The minimum atomic E-state index is -0.0977. The lowest BCUT2D eigenvalue weighted by atomic mass is 10.0. The molecule has 4 heterocycles. The van der Waals surface area contributed by atoms with Gasteiger partial charge in [0.1, 0.15) is 11.4 Å². The van der Waals surface area contributed by atoms with Crippen LogP contribution in [0.15, 0.2) is 53.1 Å². The van der Waals surface area contributed by atoms with Gasteiger partial charge in [0.05, 0.1) is 15.8 Å². The Morgan fingerprint density at radius 1 is 1.23 bits per heavy atom. The van der Waals surface area contributed by atoms with Gasteiger partial charge in [-0.2, -0.15) is 0 Å². The Morgan fingerprint density at radius 3 is 2.81 bits per heavy atom. The van der Waals surface area contributed by atoms with Gasteiger partial charge in [-0.05, 0) is 43.0 Å². The summed E-state index contributed by atoms with van der Waals surface area (Å²) in [7, 11) is 0. The minimum Gasteiger partial charge on any atom is -0.355 e. The number of para-hydroxylation sites is 1. The lowest BCUT2D eigenvalue weighted by Crippen LogP contribution is -2.46. The number of hydrogen-bond donors (Lipinski definition) is 1. The van der Waals surface area contributed by atoms with E-state index >= 15 is 0 Å². The summed E-state index contributed by atoms with van der Waals surface area (Å²) < 4.78 is 8.24. The number of nitrogens with one attached hydrogen (secondary N) is 1. The lowest BCUT2D eigenvalue weighted by Gasteiger charge is -2.30. The van der Waals surface area contributed by atoms with E-state index < -0.39 is 0 Å². The Kier molecular flexibility index (Phi) is 5.56. The predicted molar refractivity (Wildman–Crippen MR) is 123 cm³/mol. The second-order valence-corrected chi connectivity index (χ2v) is 9.79. The van der Waals surface area contributed by atoms with Gasteiger partial charge in [-0.3, -0.25) is 10.2 Å². The van der Waals surface area contributed by atoms with Gasteiger partial charge in [0.15, 0.2) is 5.76 Å². The number of carbonyl (C=O) groups excluding carboxylic acids is 1. The maximum atomic E-state index is 13.2. The van der Waals surface area contributed by atoms with Crippen LogP contribution in [-0.4, -0.2) is 33.7 Å². The molecule has 31 heavy (non-hydrogen) atoms. The number of rotatable bonds is 5. The van der Waals surface area contributed by atoms with Crippen molar-refractivity contribution in [1.29, 1.82) is 0 Å². The van der Waals surface area contributed by atoms with Crippen LogP contribution < -0.4 is 5.43 Å². The van der Waals surface area contributed by atoms with Gasteiger partial charge in [-0.1, -0.05) is 41.9 Å². The quantitative estimate of drug-likeness (QED) is 0.436. The van der Waals surface area contributed by atoms with Gasteiger partial charge in [0, 0.05) is 30.1 Å². The summed E-state index contributed by atoms with van der Waals surface area (Å²) in [5, 5.41) is 7.28. The van der Waals surface area contributed by atoms with Gasteiger partial charge in [0.25, 0.3) is 5.91 Å². The molecule has 0 saturated carbocycles. The predicted octanol–water partition coefficient (Wildman–Crippen LogP) is 5.44. The van der Waals surface area contributed by atoms with E-state index in [2.05, 4.69) is 17.5 Å². The van der Waals surface area contributed by atoms with Crippen LogP contribution >= 0.6 is 22.9 Å². The number of carbonyl (C=O) groups is 1. The van der Waals surface area contributed by atoms with Crippen LogP contribution in [0.3, 0.4) is 0 Å². The van der Waals surface area contributed by atoms with E-state index in [0.29, 0.717) is 28.3 Å². The van der Waals surface area contributed by atoms with Gasteiger partial charge in [-0.15, -0.1) is 11.3 Å². The number of fused-ring (bicyclic) bond motifs is 1. The van der Waals surface area contributed by atoms with Crippen LogP contribution in [0.4, 0.5) is 0 Å². The van der Waals surface area contributed by atoms with Crippen LogP contribution in [0.5, 0.6) is 0 Å². The third-order valence-corrected chi connectivity index (χ3v) is 7.03. The summed E-state index contributed by atoms with van der Waals surface area (Å²) in [6, 6.07) is 15.6. The smallest absolute Gasteiger partial charge is 0.282 e. The molecule has 6 nitrogen and oxygen atoms in total. The molecule has 1 aliphatic heterocycles. The molecule has 1 saturated heterocycles. The molecule has 8 heteroatoms. The molecule has 5 rings (SSSR count). The highest BCUT2D eigenvalue weighted by Crippen LogP contribution is 2.32. The Balaban J connectivity index is 1.42. The molecule has 1 amide bonds. The average Bonchev–Trinajstić information content (AvgIpc) is 3.49. The zero-order valence-electron chi connectivity index (χ0n) is 17.2. The van der Waals surface area contributed by atoms with Gasteiger partial charge >= 0.3 is 0 Å². The number of hydrazine groups is 1. The van der Waals surface area contributed by atoms with Crippen molar-refractivity contribution in [3.63, 3.8) is 0 Å². The summed E-state index contributed by atoms with van der Waals surface area (Å²) in [5.74, 6) is 1.29. The van der Waals surface area contributed by atoms with Crippen LogP contribution in [0, 0.1) is 5.92 Å².